The van der Waals surface area contributed by atoms with Crippen molar-refractivity contribution >= 4 is 11.0 Å². The molecule has 0 fully saturated rings. The number of benzene rings is 2. The van der Waals surface area contributed by atoms with E-state index in [1.807, 2.05) is 31.2 Å². The van der Waals surface area contributed by atoms with Crippen LogP contribution < -0.4 is 4.74 Å². The number of hydrogen-bond donors (Lipinski definition) is 1. The zero-order valence-electron chi connectivity index (χ0n) is 14.6. The molecule has 1 heterocycles. The van der Waals surface area contributed by atoms with E-state index in [2.05, 4.69) is 19.1 Å². The van der Waals surface area contributed by atoms with Crippen LogP contribution in [0.15, 0.2) is 40.8 Å². The summed E-state index contributed by atoms with van der Waals surface area (Å²) in [6.45, 7) is 4.15. The Balaban J connectivity index is 1.84. The van der Waals surface area contributed by atoms with E-state index in [0.29, 0.717) is 5.75 Å². The summed E-state index contributed by atoms with van der Waals surface area (Å²) >= 11 is 0. The molecule has 0 atom stereocenters. The highest BCUT2D eigenvalue weighted by atomic mass is 16.5. The summed E-state index contributed by atoms with van der Waals surface area (Å²) < 4.78 is 11.2. The maximum absolute atomic E-state index is 10.5. The molecule has 3 nitrogen and oxygen atoms in total. The molecule has 3 heteroatoms. The van der Waals surface area contributed by atoms with Crippen molar-refractivity contribution in [2.75, 3.05) is 7.11 Å². The molecule has 0 amide bonds. The molecule has 126 valence electrons. The zero-order chi connectivity index (χ0) is 17.1. The Hall–Kier alpha value is -2.42. The molecule has 0 aliphatic heterocycles. The molecule has 0 spiro atoms. The largest absolute Gasteiger partial charge is 0.507 e. The number of fused-ring (bicyclic) bond motifs is 1. The molecule has 0 saturated carbocycles. The fourth-order valence-corrected chi connectivity index (χ4v) is 3.17. The van der Waals surface area contributed by atoms with Crippen molar-refractivity contribution in [2.24, 2.45) is 0 Å². The van der Waals surface area contributed by atoms with Gasteiger partial charge in [-0.3, -0.25) is 0 Å². The summed E-state index contributed by atoms with van der Waals surface area (Å²) in [5.74, 6) is 2.20. The smallest absolute Gasteiger partial charge is 0.138 e. The molecule has 24 heavy (non-hydrogen) atoms. The first-order valence-corrected chi connectivity index (χ1v) is 8.49. The predicted octanol–water partition coefficient (Wildman–Crippen LogP) is 5.19. The molecule has 0 saturated heterocycles. The minimum atomic E-state index is 0.381. The number of aromatic hydroxyl groups is 1. The molecule has 3 aromatic rings. The van der Waals surface area contributed by atoms with Crippen LogP contribution in [0.2, 0.25) is 0 Å². The first-order valence-electron chi connectivity index (χ1n) is 8.49. The van der Waals surface area contributed by atoms with Crippen LogP contribution in [-0.4, -0.2) is 12.2 Å². The van der Waals surface area contributed by atoms with Gasteiger partial charge in [-0.15, -0.1) is 0 Å². The number of methoxy groups -OCH3 is 1. The monoisotopic (exact) mass is 324 g/mol. The third-order valence-corrected chi connectivity index (χ3v) is 4.57. The van der Waals surface area contributed by atoms with Crippen LogP contribution in [0.1, 0.15) is 35.8 Å². The van der Waals surface area contributed by atoms with Crippen LogP contribution in [0.3, 0.4) is 0 Å². The second-order valence-corrected chi connectivity index (χ2v) is 6.19. The van der Waals surface area contributed by atoms with Crippen LogP contribution in [0, 0.1) is 6.92 Å². The molecule has 0 aliphatic rings. The molecule has 1 N–H and O–H groups in total. The van der Waals surface area contributed by atoms with Gasteiger partial charge in [0.1, 0.15) is 22.8 Å². The Bertz CT molecular complexity index is 828. The number of hydrogen-bond acceptors (Lipinski definition) is 3. The molecular formula is C21H24O3. The van der Waals surface area contributed by atoms with Crippen LogP contribution in [0.25, 0.3) is 11.0 Å². The van der Waals surface area contributed by atoms with Gasteiger partial charge in [-0.2, -0.15) is 0 Å². The van der Waals surface area contributed by atoms with Gasteiger partial charge in [0, 0.05) is 12.0 Å². The number of phenolic OH excluding ortho intramolecular Hbond substituents is 1. The Kier molecular flexibility index (Phi) is 4.79. The summed E-state index contributed by atoms with van der Waals surface area (Å²) in [7, 11) is 1.67. The van der Waals surface area contributed by atoms with Crippen molar-refractivity contribution in [3.05, 3.63) is 58.8 Å². The lowest BCUT2D eigenvalue weighted by Gasteiger charge is -2.04. The number of furan rings is 1. The number of rotatable bonds is 6. The van der Waals surface area contributed by atoms with Gasteiger partial charge in [0.25, 0.3) is 0 Å². The highest BCUT2D eigenvalue weighted by molar-refractivity contribution is 5.89. The van der Waals surface area contributed by atoms with Crippen molar-refractivity contribution in [1.82, 2.24) is 0 Å². The fourth-order valence-electron chi connectivity index (χ4n) is 3.17. The summed E-state index contributed by atoms with van der Waals surface area (Å²) in [6, 6.07) is 12.1. The van der Waals surface area contributed by atoms with Crippen LogP contribution in [0.5, 0.6) is 11.5 Å². The molecule has 0 radical (unpaired) electrons. The van der Waals surface area contributed by atoms with E-state index in [4.69, 9.17) is 9.15 Å². The predicted molar refractivity (Wildman–Crippen MR) is 97.0 cm³/mol. The second kappa shape index (κ2) is 7.00. The van der Waals surface area contributed by atoms with Gasteiger partial charge >= 0.3 is 0 Å². The topological polar surface area (TPSA) is 42.6 Å². The Morgan fingerprint density at radius 1 is 1.00 bits per heavy atom. The SMILES string of the molecule is CCCc1ccc2oc(CCc3ccc(OC)cc3)c(C)c2c1O. The molecule has 0 aliphatic carbocycles. The summed E-state index contributed by atoms with van der Waals surface area (Å²) in [4.78, 5) is 0. The minimum Gasteiger partial charge on any atom is -0.507 e. The van der Waals surface area contributed by atoms with E-state index in [0.717, 1.165) is 59.3 Å². The lowest BCUT2D eigenvalue weighted by atomic mass is 10.0. The third kappa shape index (κ3) is 3.12. The number of aryl methyl sites for hydroxylation is 4. The lowest BCUT2D eigenvalue weighted by Crippen LogP contribution is -1.92. The second-order valence-electron chi connectivity index (χ2n) is 6.19. The van der Waals surface area contributed by atoms with E-state index in [9.17, 15) is 5.11 Å². The average molecular weight is 324 g/mol. The highest BCUT2D eigenvalue weighted by Crippen LogP contribution is 2.36. The van der Waals surface area contributed by atoms with Gasteiger partial charge in [-0.05, 0) is 49.1 Å². The Morgan fingerprint density at radius 3 is 2.42 bits per heavy atom. The molecule has 0 bridgehead atoms. The standard InChI is InChI=1S/C21H24O3/c1-4-5-16-9-13-19-20(21(16)22)14(2)18(24-19)12-8-15-6-10-17(23-3)11-7-15/h6-7,9-11,13,22H,4-5,8,12H2,1-3H3. The summed E-state index contributed by atoms with van der Waals surface area (Å²) in [5, 5.41) is 11.4. The Labute approximate surface area is 142 Å². The van der Waals surface area contributed by atoms with E-state index >= 15 is 0 Å². The average Bonchev–Trinajstić information content (AvgIpc) is 2.93. The molecule has 3 rings (SSSR count). The van der Waals surface area contributed by atoms with Gasteiger partial charge in [0.2, 0.25) is 0 Å². The maximum atomic E-state index is 10.5. The first kappa shape index (κ1) is 16.4. The van der Waals surface area contributed by atoms with Crippen LogP contribution in [-0.2, 0) is 19.3 Å². The van der Waals surface area contributed by atoms with Gasteiger partial charge < -0.3 is 14.3 Å². The van der Waals surface area contributed by atoms with Crippen LogP contribution >= 0.6 is 0 Å². The Morgan fingerprint density at radius 2 is 1.75 bits per heavy atom. The van der Waals surface area contributed by atoms with Gasteiger partial charge in [-0.1, -0.05) is 31.5 Å². The van der Waals surface area contributed by atoms with Crippen molar-refractivity contribution < 1.29 is 14.3 Å². The molecule has 1 aromatic heterocycles. The van der Waals surface area contributed by atoms with Crippen molar-refractivity contribution in [2.45, 2.75) is 39.5 Å². The van der Waals surface area contributed by atoms with E-state index < -0.39 is 0 Å². The van der Waals surface area contributed by atoms with Crippen molar-refractivity contribution in [3.63, 3.8) is 0 Å². The van der Waals surface area contributed by atoms with E-state index in [1.165, 1.54) is 5.56 Å². The molecular weight excluding hydrogens is 300 g/mol. The van der Waals surface area contributed by atoms with Crippen molar-refractivity contribution in [3.8, 4) is 11.5 Å². The third-order valence-electron chi connectivity index (χ3n) is 4.57. The van der Waals surface area contributed by atoms with Crippen molar-refractivity contribution in [1.29, 1.82) is 0 Å². The summed E-state index contributed by atoms with van der Waals surface area (Å²) in [6.07, 6.45) is 3.61. The molecule has 0 unspecified atom stereocenters. The normalized spacial score (nSPS) is 11.1. The molecule has 2 aromatic carbocycles. The fraction of sp³-hybridized carbons (Fsp3) is 0.333. The van der Waals surface area contributed by atoms with E-state index in [-0.39, 0.29) is 0 Å². The quantitative estimate of drug-likeness (QED) is 0.678. The van der Waals surface area contributed by atoms with Gasteiger partial charge in [0.05, 0.1) is 12.5 Å². The minimum absolute atomic E-state index is 0.381. The maximum Gasteiger partial charge on any atom is 0.138 e. The van der Waals surface area contributed by atoms with Gasteiger partial charge in [0.15, 0.2) is 0 Å². The highest BCUT2D eigenvalue weighted by Gasteiger charge is 2.16. The van der Waals surface area contributed by atoms with Gasteiger partial charge in [-0.25, -0.2) is 0 Å². The lowest BCUT2D eigenvalue weighted by molar-refractivity contribution is 0.414. The summed E-state index contributed by atoms with van der Waals surface area (Å²) in [5.41, 5.74) is 4.06. The van der Waals surface area contributed by atoms with E-state index in [1.54, 1.807) is 7.11 Å². The number of ether oxygens (including phenoxy) is 1. The number of phenols is 1. The van der Waals surface area contributed by atoms with Crippen LogP contribution in [0.4, 0.5) is 0 Å². The first-order chi connectivity index (χ1) is 11.6. The zero-order valence-corrected chi connectivity index (χ0v) is 14.6.